The van der Waals surface area contributed by atoms with Crippen molar-refractivity contribution in [3.63, 3.8) is 0 Å². The molecule has 1 heteroatoms. The molecule has 1 N–H and O–H groups in total. The fourth-order valence-corrected chi connectivity index (χ4v) is 2.93. The summed E-state index contributed by atoms with van der Waals surface area (Å²) in [4.78, 5) is 0. The van der Waals surface area contributed by atoms with E-state index in [4.69, 9.17) is 0 Å². The van der Waals surface area contributed by atoms with Crippen molar-refractivity contribution in [1.29, 1.82) is 0 Å². The fraction of sp³-hybridized carbons (Fsp3) is 0.684. The van der Waals surface area contributed by atoms with Gasteiger partial charge in [-0.3, -0.25) is 0 Å². The number of benzene rings is 1. The molecule has 0 aliphatic carbocycles. The Labute approximate surface area is 126 Å². The highest BCUT2D eigenvalue weighted by atomic mass is 14.9. The Morgan fingerprint density at radius 3 is 2.20 bits per heavy atom. The average molecular weight is 275 g/mol. The Hall–Kier alpha value is -0.820. The van der Waals surface area contributed by atoms with E-state index in [2.05, 4.69) is 71.1 Å². The van der Waals surface area contributed by atoms with Gasteiger partial charge in [0.1, 0.15) is 0 Å². The average Bonchev–Trinajstić information content (AvgIpc) is 2.35. The minimum absolute atomic E-state index is 0.593. The van der Waals surface area contributed by atoms with E-state index in [1.165, 1.54) is 24.0 Å². The normalized spacial score (nSPS) is 13.4. The van der Waals surface area contributed by atoms with E-state index in [0.29, 0.717) is 6.04 Å². The minimum Gasteiger partial charge on any atom is -0.314 e. The second kappa shape index (κ2) is 8.46. The van der Waals surface area contributed by atoms with Crippen LogP contribution in [-0.2, 0) is 6.42 Å². The first-order chi connectivity index (χ1) is 9.40. The molecular formula is C19H33N. The van der Waals surface area contributed by atoms with E-state index in [9.17, 15) is 0 Å². The maximum atomic E-state index is 3.73. The summed E-state index contributed by atoms with van der Waals surface area (Å²) in [5, 5.41) is 3.73. The molecule has 0 saturated heterocycles. The van der Waals surface area contributed by atoms with Crippen molar-refractivity contribution in [2.24, 2.45) is 17.8 Å². The molecule has 0 fully saturated rings. The quantitative estimate of drug-likeness (QED) is 0.716. The molecule has 114 valence electrons. The van der Waals surface area contributed by atoms with Gasteiger partial charge in [-0.2, -0.15) is 0 Å². The highest BCUT2D eigenvalue weighted by molar-refractivity contribution is 5.22. The molecule has 0 radical (unpaired) electrons. The Bertz CT molecular complexity index is 373. The van der Waals surface area contributed by atoms with E-state index in [0.717, 1.165) is 24.3 Å². The van der Waals surface area contributed by atoms with Gasteiger partial charge in [-0.25, -0.2) is 0 Å². The van der Waals surface area contributed by atoms with Crippen molar-refractivity contribution in [2.45, 2.75) is 60.4 Å². The van der Waals surface area contributed by atoms with Gasteiger partial charge in [0.15, 0.2) is 0 Å². The van der Waals surface area contributed by atoms with Crippen LogP contribution in [0.5, 0.6) is 0 Å². The zero-order chi connectivity index (χ0) is 15.1. The van der Waals surface area contributed by atoms with Crippen molar-refractivity contribution >= 4 is 0 Å². The van der Waals surface area contributed by atoms with Crippen LogP contribution in [0.25, 0.3) is 0 Å². The molecule has 0 aliphatic rings. The molecular weight excluding hydrogens is 242 g/mol. The van der Waals surface area contributed by atoms with Gasteiger partial charge in [0.05, 0.1) is 0 Å². The lowest BCUT2D eigenvalue weighted by molar-refractivity contribution is 0.265. The number of rotatable bonds is 8. The van der Waals surface area contributed by atoms with Crippen LogP contribution in [0.4, 0.5) is 0 Å². The standard InChI is InChI=1S/C19H33N/c1-14(2)19(15(3)4)13-20-17(6)10-11-18-9-7-8-16(5)12-18/h7-9,12,14-15,17,19-20H,10-11,13H2,1-6H3. The SMILES string of the molecule is Cc1cccc(CCC(C)NCC(C(C)C)C(C)C)c1. The highest BCUT2D eigenvalue weighted by Gasteiger charge is 2.17. The fourth-order valence-electron chi connectivity index (χ4n) is 2.93. The summed E-state index contributed by atoms with van der Waals surface area (Å²) < 4.78 is 0. The van der Waals surface area contributed by atoms with E-state index in [1.807, 2.05) is 0 Å². The first kappa shape index (κ1) is 17.2. The van der Waals surface area contributed by atoms with Crippen LogP contribution in [0, 0.1) is 24.7 Å². The topological polar surface area (TPSA) is 12.0 Å². The zero-order valence-electron chi connectivity index (χ0n) is 14.2. The van der Waals surface area contributed by atoms with Gasteiger partial charge >= 0.3 is 0 Å². The van der Waals surface area contributed by atoms with Crippen molar-refractivity contribution < 1.29 is 0 Å². The summed E-state index contributed by atoms with van der Waals surface area (Å²) in [6.45, 7) is 15.0. The summed E-state index contributed by atoms with van der Waals surface area (Å²) in [5.41, 5.74) is 2.82. The van der Waals surface area contributed by atoms with Crippen LogP contribution >= 0.6 is 0 Å². The highest BCUT2D eigenvalue weighted by Crippen LogP contribution is 2.19. The molecule has 1 atom stereocenters. The van der Waals surface area contributed by atoms with E-state index in [-0.39, 0.29) is 0 Å². The van der Waals surface area contributed by atoms with Gasteiger partial charge in [0, 0.05) is 6.04 Å². The molecule has 0 spiro atoms. The van der Waals surface area contributed by atoms with Crippen molar-refractivity contribution in [2.75, 3.05) is 6.54 Å². The van der Waals surface area contributed by atoms with Crippen LogP contribution in [-0.4, -0.2) is 12.6 Å². The molecule has 20 heavy (non-hydrogen) atoms. The van der Waals surface area contributed by atoms with Crippen LogP contribution < -0.4 is 5.32 Å². The largest absolute Gasteiger partial charge is 0.314 e. The van der Waals surface area contributed by atoms with Gasteiger partial charge in [0.25, 0.3) is 0 Å². The van der Waals surface area contributed by atoms with Crippen molar-refractivity contribution in [1.82, 2.24) is 5.32 Å². The number of nitrogens with one attached hydrogen (secondary N) is 1. The molecule has 0 heterocycles. The number of aryl methyl sites for hydroxylation is 2. The lowest BCUT2D eigenvalue weighted by Gasteiger charge is -2.27. The maximum absolute atomic E-state index is 3.73. The summed E-state index contributed by atoms with van der Waals surface area (Å²) in [5.74, 6) is 2.29. The molecule has 1 aromatic carbocycles. The van der Waals surface area contributed by atoms with Gasteiger partial charge < -0.3 is 5.32 Å². The predicted octanol–water partition coefficient (Wildman–Crippen LogP) is 4.83. The third kappa shape index (κ3) is 6.09. The zero-order valence-corrected chi connectivity index (χ0v) is 14.2. The van der Waals surface area contributed by atoms with Crippen LogP contribution in [0.3, 0.4) is 0 Å². The minimum atomic E-state index is 0.593. The lowest BCUT2D eigenvalue weighted by Crippen LogP contribution is -2.35. The lowest BCUT2D eigenvalue weighted by atomic mass is 9.85. The van der Waals surface area contributed by atoms with Crippen molar-refractivity contribution in [3.05, 3.63) is 35.4 Å². The molecule has 1 unspecified atom stereocenters. The van der Waals surface area contributed by atoms with Gasteiger partial charge in [-0.15, -0.1) is 0 Å². The van der Waals surface area contributed by atoms with Crippen LogP contribution in [0.2, 0.25) is 0 Å². The Balaban J connectivity index is 2.34. The summed E-state index contributed by atoms with van der Waals surface area (Å²) in [7, 11) is 0. The van der Waals surface area contributed by atoms with E-state index < -0.39 is 0 Å². The smallest absolute Gasteiger partial charge is 0.00420 e. The summed E-state index contributed by atoms with van der Waals surface area (Å²) >= 11 is 0. The van der Waals surface area contributed by atoms with Gasteiger partial charge in [0.2, 0.25) is 0 Å². The number of hydrogen-bond donors (Lipinski definition) is 1. The Morgan fingerprint density at radius 1 is 1.00 bits per heavy atom. The molecule has 1 aromatic rings. The maximum Gasteiger partial charge on any atom is 0.00420 e. The molecule has 0 aromatic heterocycles. The second-order valence-electron chi connectivity index (χ2n) is 6.99. The van der Waals surface area contributed by atoms with Crippen LogP contribution in [0.1, 0.15) is 52.2 Å². The summed E-state index contributed by atoms with van der Waals surface area (Å²) in [6, 6.07) is 9.47. The molecule has 1 rings (SSSR count). The third-order valence-corrected chi connectivity index (χ3v) is 4.36. The van der Waals surface area contributed by atoms with E-state index >= 15 is 0 Å². The predicted molar refractivity (Wildman–Crippen MR) is 90.1 cm³/mol. The first-order valence-electron chi connectivity index (χ1n) is 8.19. The molecule has 0 bridgehead atoms. The van der Waals surface area contributed by atoms with E-state index in [1.54, 1.807) is 0 Å². The monoisotopic (exact) mass is 275 g/mol. The second-order valence-corrected chi connectivity index (χ2v) is 6.99. The van der Waals surface area contributed by atoms with Gasteiger partial charge in [-0.1, -0.05) is 57.5 Å². The number of hydrogen-bond acceptors (Lipinski definition) is 1. The van der Waals surface area contributed by atoms with Gasteiger partial charge in [-0.05, 0) is 56.6 Å². The Morgan fingerprint density at radius 2 is 1.65 bits per heavy atom. The molecule has 1 nitrogen and oxygen atoms in total. The Kier molecular flexibility index (Phi) is 7.29. The van der Waals surface area contributed by atoms with Crippen molar-refractivity contribution in [3.8, 4) is 0 Å². The third-order valence-electron chi connectivity index (χ3n) is 4.36. The first-order valence-corrected chi connectivity index (χ1v) is 8.19. The summed E-state index contributed by atoms with van der Waals surface area (Å²) in [6.07, 6.45) is 2.39. The molecule has 0 saturated carbocycles. The molecule has 0 amide bonds. The van der Waals surface area contributed by atoms with Crippen LogP contribution in [0.15, 0.2) is 24.3 Å². The molecule has 0 aliphatic heterocycles.